The summed E-state index contributed by atoms with van der Waals surface area (Å²) in [5.74, 6) is 2.37. The number of likely N-dealkylation sites (tertiary alicyclic amines) is 1. The molecule has 2 N–H and O–H groups in total. The first kappa shape index (κ1) is 15.1. The van der Waals surface area contributed by atoms with Crippen LogP contribution in [-0.2, 0) is 0 Å². The first-order valence-electron chi connectivity index (χ1n) is 7.55. The standard InChI is InChI=1S/C16H23BrN2O2/c1-20-15-6-12(13(17)7-16(15)21-2)14(8-18)19-9-10-3-4-11(19)5-10/h6-7,10-11,14H,3-5,8-9,18H2,1-2H3. The fourth-order valence-corrected chi connectivity index (χ4v) is 4.50. The lowest BCUT2D eigenvalue weighted by molar-refractivity contribution is 0.152. The average molecular weight is 355 g/mol. The number of hydrogen-bond donors (Lipinski definition) is 1. The van der Waals surface area contributed by atoms with Gasteiger partial charge < -0.3 is 15.2 Å². The summed E-state index contributed by atoms with van der Waals surface area (Å²) in [6.07, 6.45) is 4.03. The number of rotatable bonds is 5. The van der Waals surface area contributed by atoms with Crippen LogP contribution in [0.25, 0.3) is 0 Å². The molecular weight excluding hydrogens is 332 g/mol. The zero-order valence-electron chi connectivity index (χ0n) is 12.6. The predicted octanol–water partition coefficient (Wildman–Crippen LogP) is 2.95. The molecule has 1 heterocycles. The zero-order chi connectivity index (χ0) is 15.0. The molecule has 1 aromatic rings. The quantitative estimate of drug-likeness (QED) is 0.882. The minimum absolute atomic E-state index is 0.245. The Kier molecular flexibility index (Phi) is 4.43. The van der Waals surface area contributed by atoms with Gasteiger partial charge in [-0.1, -0.05) is 15.9 Å². The maximum absolute atomic E-state index is 6.11. The van der Waals surface area contributed by atoms with Crippen molar-refractivity contribution in [2.75, 3.05) is 27.3 Å². The second-order valence-corrected chi connectivity index (χ2v) is 6.86. The summed E-state index contributed by atoms with van der Waals surface area (Å²) in [6, 6.07) is 4.98. The molecule has 116 valence electrons. The minimum Gasteiger partial charge on any atom is -0.493 e. The Morgan fingerprint density at radius 2 is 2.00 bits per heavy atom. The SMILES string of the molecule is COc1cc(Br)c(C(CN)N2CC3CCC2C3)cc1OC. The van der Waals surface area contributed by atoms with Crippen molar-refractivity contribution in [3.05, 3.63) is 22.2 Å². The summed E-state index contributed by atoms with van der Waals surface area (Å²) in [5, 5.41) is 0. The van der Waals surface area contributed by atoms with Crippen LogP contribution < -0.4 is 15.2 Å². The van der Waals surface area contributed by atoms with Gasteiger partial charge in [-0.25, -0.2) is 0 Å². The zero-order valence-corrected chi connectivity index (χ0v) is 14.2. The summed E-state index contributed by atoms with van der Waals surface area (Å²) in [6.45, 7) is 1.80. The molecule has 3 rings (SSSR count). The topological polar surface area (TPSA) is 47.7 Å². The number of piperidine rings is 1. The van der Waals surface area contributed by atoms with Crippen LogP contribution in [0.3, 0.4) is 0 Å². The van der Waals surface area contributed by atoms with Crippen LogP contribution >= 0.6 is 15.9 Å². The molecule has 1 aromatic carbocycles. The number of ether oxygens (including phenoxy) is 2. The number of hydrogen-bond acceptors (Lipinski definition) is 4. The second-order valence-electron chi connectivity index (χ2n) is 6.01. The van der Waals surface area contributed by atoms with E-state index in [-0.39, 0.29) is 6.04 Å². The Morgan fingerprint density at radius 3 is 2.52 bits per heavy atom. The predicted molar refractivity (Wildman–Crippen MR) is 86.9 cm³/mol. The van der Waals surface area contributed by atoms with Crippen molar-refractivity contribution in [2.24, 2.45) is 11.7 Å². The highest BCUT2D eigenvalue weighted by Gasteiger charge is 2.41. The van der Waals surface area contributed by atoms with Crippen molar-refractivity contribution in [1.29, 1.82) is 0 Å². The van der Waals surface area contributed by atoms with E-state index >= 15 is 0 Å². The van der Waals surface area contributed by atoms with Gasteiger partial charge in [0.2, 0.25) is 0 Å². The third kappa shape index (κ3) is 2.67. The molecular formula is C16H23BrN2O2. The van der Waals surface area contributed by atoms with E-state index in [2.05, 4.69) is 26.9 Å². The maximum Gasteiger partial charge on any atom is 0.161 e. The molecule has 0 radical (unpaired) electrons. The number of benzene rings is 1. The molecule has 0 spiro atoms. The average Bonchev–Trinajstić information content (AvgIpc) is 3.12. The van der Waals surface area contributed by atoms with Gasteiger partial charge >= 0.3 is 0 Å². The van der Waals surface area contributed by atoms with Gasteiger partial charge in [0.1, 0.15) is 0 Å². The Morgan fingerprint density at radius 1 is 1.29 bits per heavy atom. The smallest absolute Gasteiger partial charge is 0.161 e. The number of nitrogens with zero attached hydrogens (tertiary/aromatic N) is 1. The summed E-state index contributed by atoms with van der Waals surface area (Å²) in [5.41, 5.74) is 7.31. The van der Waals surface area contributed by atoms with Crippen LogP contribution in [0.15, 0.2) is 16.6 Å². The molecule has 3 unspecified atom stereocenters. The summed E-state index contributed by atoms with van der Waals surface area (Å²) < 4.78 is 11.8. The fourth-order valence-electron chi connectivity index (χ4n) is 3.91. The Hall–Kier alpha value is -0.780. The van der Waals surface area contributed by atoms with E-state index in [1.54, 1.807) is 14.2 Å². The highest BCUT2D eigenvalue weighted by atomic mass is 79.9. The van der Waals surface area contributed by atoms with Gasteiger partial charge in [-0.3, -0.25) is 4.90 Å². The Bertz CT molecular complexity index is 523. The van der Waals surface area contributed by atoms with E-state index in [9.17, 15) is 0 Å². The van der Waals surface area contributed by atoms with Gasteiger partial charge in [0, 0.05) is 29.6 Å². The van der Waals surface area contributed by atoms with E-state index in [4.69, 9.17) is 15.2 Å². The molecule has 4 nitrogen and oxygen atoms in total. The van der Waals surface area contributed by atoms with Crippen LogP contribution in [0.5, 0.6) is 11.5 Å². The molecule has 21 heavy (non-hydrogen) atoms. The van der Waals surface area contributed by atoms with Crippen molar-refractivity contribution in [2.45, 2.75) is 31.3 Å². The van der Waals surface area contributed by atoms with E-state index in [1.165, 1.54) is 31.4 Å². The van der Waals surface area contributed by atoms with Crippen molar-refractivity contribution in [1.82, 2.24) is 4.90 Å². The summed E-state index contributed by atoms with van der Waals surface area (Å²) in [7, 11) is 3.33. The summed E-state index contributed by atoms with van der Waals surface area (Å²) in [4.78, 5) is 2.58. The normalized spacial score (nSPS) is 26.1. The molecule has 0 aromatic heterocycles. The lowest BCUT2D eigenvalue weighted by Gasteiger charge is -2.35. The van der Waals surface area contributed by atoms with Gasteiger partial charge in [0.15, 0.2) is 11.5 Å². The third-order valence-corrected chi connectivity index (χ3v) is 5.62. The molecule has 1 saturated carbocycles. The van der Waals surface area contributed by atoms with Crippen LogP contribution in [0.4, 0.5) is 0 Å². The van der Waals surface area contributed by atoms with Gasteiger partial charge in [-0.15, -0.1) is 0 Å². The van der Waals surface area contributed by atoms with Gasteiger partial charge in [0.05, 0.1) is 14.2 Å². The van der Waals surface area contributed by atoms with Crippen LogP contribution in [0.2, 0.25) is 0 Å². The van der Waals surface area contributed by atoms with Crippen LogP contribution in [-0.4, -0.2) is 38.3 Å². The van der Waals surface area contributed by atoms with Gasteiger partial charge in [0.25, 0.3) is 0 Å². The van der Waals surface area contributed by atoms with E-state index in [0.717, 1.165) is 21.9 Å². The second kappa shape index (κ2) is 6.15. The number of nitrogens with two attached hydrogens (primary N) is 1. The molecule has 1 aliphatic carbocycles. The molecule has 2 fully saturated rings. The molecule has 1 aliphatic heterocycles. The van der Waals surface area contributed by atoms with Gasteiger partial charge in [-0.2, -0.15) is 0 Å². The van der Waals surface area contributed by atoms with Crippen LogP contribution in [0.1, 0.15) is 30.9 Å². The molecule has 2 bridgehead atoms. The van der Waals surface area contributed by atoms with E-state index < -0.39 is 0 Å². The largest absolute Gasteiger partial charge is 0.493 e. The Labute approximate surface area is 134 Å². The number of fused-ring (bicyclic) bond motifs is 2. The van der Waals surface area contributed by atoms with E-state index in [0.29, 0.717) is 12.6 Å². The van der Waals surface area contributed by atoms with Crippen molar-refractivity contribution in [3.63, 3.8) is 0 Å². The Balaban J connectivity index is 1.93. The number of methoxy groups -OCH3 is 2. The molecule has 5 heteroatoms. The monoisotopic (exact) mass is 354 g/mol. The third-order valence-electron chi connectivity index (χ3n) is 4.94. The van der Waals surface area contributed by atoms with E-state index in [1.807, 2.05) is 6.07 Å². The first-order chi connectivity index (χ1) is 10.2. The molecule has 2 aliphatic rings. The van der Waals surface area contributed by atoms with Crippen molar-refractivity contribution in [3.8, 4) is 11.5 Å². The lowest BCUT2D eigenvalue weighted by atomic mass is 10.0. The number of halogens is 1. The van der Waals surface area contributed by atoms with Crippen LogP contribution in [0, 0.1) is 5.92 Å². The maximum atomic E-state index is 6.11. The minimum atomic E-state index is 0.245. The lowest BCUT2D eigenvalue weighted by Crippen LogP contribution is -2.39. The first-order valence-corrected chi connectivity index (χ1v) is 8.34. The molecule has 0 amide bonds. The highest BCUT2D eigenvalue weighted by molar-refractivity contribution is 9.10. The van der Waals surface area contributed by atoms with Crippen molar-refractivity contribution < 1.29 is 9.47 Å². The molecule has 3 atom stereocenters. The fraction of sp³-hybridized carbons (Fsp3) is 0.625. The van der Waals surface area contributed by atoms with Crippen molar-refractivity contribution >= 4 is 15.9 Å². The molecule has 1 saturated heterocycles. The summed E-state index contributed by atoms with van der Waals surface area (Å²) >= 11 is 3.68. The van der Waals surface area contributed by atoms with Gasteiger partial charge in [-0.05, 0) is 42.9 Å². The highest BCUT2D eigenvalue weighted by Crippen LogP contribution is 2.44.